The van der Waals surface area contributed by atoms with E-state index in [1.165, 1.54) is 0 Å². The molecule has 2 rings (SSSR count). The standard InChI is InChI=1S/C10H11ClN4O4/c1-2-10(11)7(17)5(4-16)19-8(10)15-9(18)14-6(12)3-13-15/h1,3,5,7-8,16-17H,4H2,(H2,12,14,18)/t5-,7?,8-,10?/m1/s1. The molecule has 2 unspecified atom stereocenters. The maximum absolute atomic E-state index is 11.7. The first-order chi connectivity index (χ1) is 8.93. The lowest BCUT2D eigenvalue weighted by atomic mass is 10.00. The number of alkyl halides is 1. The van der Waals surface area contributed by atoms with Crippen LogP contribution in [0.2, 0.25) is 0 Å². The number of aromatic nitrogens is 3. The fourth-order valence-corrected chi connectivity index (χ4v) is 2.10. The van der Waals surface area contributed by atoms with Crippen LogP contribution in [0.1, 0.15) is 6.23 Å². The molecule has 0 aromatic carbocycles. The van der Waals surface area contributed by atoms with Gasteiger partial charge in [-0.25, -0.2) is 4.79 Å². The van der Waals surface area contributed by atoms with Crippen LogP contribution in [0.3, 0.4) is 0 Å². The fourth-order valence-electron chi connectivity index (χ4n) is 1.81. The summed E-state index contributed by atoms with van der Waals surface area (Å²) in [5.41, 5.74) is 4.49. The average Bonchev–Trinajstić information content (AvgIpc) is 2.63. The lowest BCUT2D eigenvalue weighted by molar-refractivity contribution is -0.0512. The Morgan fingerprint density at radius 1 is 1.74 bits per heavy atom. The SMILES string of the molecule is C#CC1(Cl)C(O)[C@@H](CO)O[C@H]1n1ncc(N)nc1=O. The van der Waals surface area contributed by atoms with Gasteiger partial charge in [0.2, 0.25) is 0 Å². The van der Waals surface area contributed by atoms with E-state index in [2.05, 4.69) is 16.0 Å². The maximum atomic E-state index is 11.7. The third kappa shape index (κ3) is 2.06. The summed E-state index contributed by atoms with van der Waals surface area (Å²) in [5.74, 6) is 2.10. The zero-order chi connectivity index (χ0) is 14.2. The van der Waals surface area contributed by atoms with Crippen molar-refractivity contribution in [3.05, 3.63) is 16.7 Å². The zero-order valence-electron chi connectivity index (χ0n) is 9.60. The van der Waals surface area contributed by atoms with Crippen LogP contribution in [0.4, 0.5) is 5.82 Å². The highest BCUT2D eigenvalue weighted by atomic mass is 35.5. The number of halogens is 1. The number of nitrogens with two attached hydrogens (primary N) is 1. The zero-order valence-corrected chi connectivity index (χ0v) is 10.4. The Balaban J connectivity index is 2.49. The molecule has 1 aliphatic heterocycles. The van der Waals surface area contributed by atoms with Gasteiger partial charge in [-0.2, -0.15) is 14.8 Å². The van der Waals surface area contributed by atoms with Crippen LogP contribution < -0.4 is 11.4 Å². The van der Waals surface area contributed by atoms with Gasteiger partial charge >= 0.3 is 5.69 Å². The van der Waals surface area contributed by atoms with Crippen molar-refractivity contribution < 1.29 is 14.9 Å². The van der Waals surface area contributed by atoms with E-state index in [-0.39, 0.29) is 5.82 Å². The topological polar surface area (TPSA) is 123 Å². The number of hydrogen-bond donors (Lipinski definition) is 3. The highest BCUT2D eigenvalue weighted by Crippen LogP contribution is 2.41. The van der Waals surface area contributed by atoms with Crippen molar-refractivity contribution in [3.8, 4) is 12.3 Å². The van der Waals surface area contributed by atoms with Crippen LogP contribution in [0.15, 0.2) is 11.0 Å². The molecule has 0 spiro atoms. The Labute approximate surface area is 112 Å². The average molecular weight is 287 g/mol. The highest BCUT2D eigenvalue weighted by molar-refractivity contribution is 6.27. The summed E-state index contributed by atoms with van der Waals surface area (Å²) < 4.78 is 6.06. The quantitative estimate of drug-likeness (QED) is 0.428. The molecule has 19 heavy (non-hydrogen) atoms. The highest BCUT2D eigenvalue weighted by Gasteiger charge is 2.56. The van der Waals surface area contributed by atoms with Gasteiger partial charge in [-0.3, -0.25) is 0 Å². The molecule has 1 fully saturated rings. The van der Waals surface area contributed by atoms with Crippen LogP contribution in [-0.4, -0.2) is 48.7 Å². The van der Waals surface area contributed by atoms with Crippen molar-refractivity contribution in [2.75, 3.05) is 12.3 Å². The monoisotopic (exact) mass is 286 g/mol. The van der Waals surface area contributed by atoms with Crippen molar-refractivity contribution in [1.82, 2.24) is 14.8 Å². The number of anilines is 1. The van der Waals surface area contributed by atoms with Crippen LogP contribution in [0.5, 0.6) is 0 Å². The summed E-state index contributed by atoms with van der Waals surface area (Å²) >= 11 is 6.11. The molecule has 9 heteroatoms. The first-order valence-electron chi connectivity index (χ1n) is 5.26. The van der Waals surface area contributed by atoms with Crippen LogP contribution >= 0.6 is 11.6 Å². The number of hydrogen-bond acceptors (Lipinski definition) is 7. The van der Waals surface area contributed by atoms with Crippen LogP contribution in [-0.2, 0) is 4.74 Å². The number of nitrogen functional groups attached to an aromatic ring is 1. The van der Waals surface area contributed by atoms with Gasteiger partial charge in [0.15, 0.2) is 11.1 Å². The first-order valence-corrected chi connectivity index (χ1v) is 5.64. The van der Waals surface area contributed by atoms with Crippen molar-refractivity contribution in [2.45, 2.75) is 23.3 Å². The minimum absolute atomic E-state index is 0.0700. The molecule has 0 radical (unpaired) electrons. The molecule has 0 saturated carbocycles. The van der Waals surface area contributed by atoms with Crippen LogP contribution in [0, 0.1) is 12.3 Å². The summed E-state index contributed by atoms with van der Waals surface area (Å²) in [6.45, 7) is -0.509. The number of terminal acetylenes is 1. The predicted octanol–water partition coefficient (Wildman–Crippen LogP) is -1.92. The first kappa shape index (κ1) is 13.8. The Morgan fingerprint density at radius 2 is 2.42 bits per heavy atom. The Kier molecular flexibility index (Phi) is 3.47. The molecule has 0 aliphatic carbocycles. The number of ether oxygens (including phenoxy) is 1. The molecule has 4 N–H and O–H groups in total. The number of nitrogens with zero attached hydrogens (tertiary/aromatic N) is 3. The van der Waals surface area contributed by atoms with Crippen molar-refractivity contribution >= 4 is 17.4 Å². The molecule has 102 valence electrons. The maximum Gasteiger partial charge on any atom is 0.368 e. The Morgan fingerprint density at radius 3 is 2.95 bits per heavy atom. The second-order valence-electron chi connectivity index (χ2n) is 3.98. The minimum atomic E-state index is -1.73. The third-order valence-corrected chi connectivity index (χ3v) is 3.32. The van der Waals surface area contributed by atoms with Gasteiger partial charge in [0, 0.05) is 0 Å². The van der Waals surface area contributed by atoms with E-state index in [4.69, 9.17) is 33.6 Å². The smallest absolute Gasteiger partial charge is 0.368 e. The summed E-state index contributed by atoms with van der Waals surface area (Å²) in [6.07, 6.45) is 2.77. The number of aliphatic hydroxyl groups excluding tert-OH is 2. The van der Waals surface area contributed by atoms with Gasteiger partial charge < -0.3 is 20.7 Å². The molecule has 0 bridgehead atoms. The van der Waals surface area contributed by atoms with Gasteiger partial charge in [-0.05, 0) is 0 Å². The van der Waals surface area contributed by atoms with E-state index in [1.54, 1.807) is 0 Å². The van der Waals surface area contributed by atoms with Crippen molar-refractivity contribution in [1.29, 1.82) is 0 Å². The second-order valence-corrected chi connectivity index (χ2v) is 4.60. The van der Waals surface area contributed by atoms with E-state index < -0.39 is 35.6 Å². The molecule has 1 aromatic heterocycles. The molecular formula is C10H11ClN4O4. The molecule has 0 amide bonds. The molecule has 2 heterocycles. The summed E-state index contributed by atoms with van der Waals surface area (Å²) in [6, 6.07) is 0. The predicted molar refractivity (Wildman–Crippen MR) is 65.1 cm³/mol. The normalized spacial score (nSPS) is 34.1. The molecule has 1 aromatic rings. The minimum Gasteiger partial charge on any atom is -0.394 e. The second kappa shape index (κ2) is 4.79. The molecule has 4 atom stereocenters. The lowest BCUT2D eigenvalue weighted by Gasteiger charge is -2.24. The van der Waals surface area contributed by atoms with E-state index in [9.17, 15) is 9.90 Å². The summed E-state index contributed by atoms with van der Waals surface area (Å²) in [7, 11) is 0. The van der Waals surface area contributed by atoms with Crippen LogP contribution in [0.25, 0.3) is 0 Å². The largest absolute Gasteiger partial charge is 0.394 e. The third-order valence-electron chi connectivity index (χ3n) is 2.80. The van der Waals surface area contributed by atoms with Gasteiger partial charge in [-0.15, -0.1) is 6.42 Å². The number of aliphatic hydroxyl groups is 2. The Hall–Kier alpha value is -1.66. The van der Waals surface area contributed by atoms with E-state index in [1.807, 2.05) is 0 Å². The number of rotatable bonds is 2. The van der Waals surface area contributed by atoms with Crippen molar-refractivity contribution in [2.24, 2.45) is 0 Å². The molecule has 1 aliphatic rings. The van der Waals surface area contributed by atoms with Crippen molar-refractivity contribution in [3.63, 3.8) is 0 Å². The van der Waals surface area contributed by atoms with Gasteiger partial charge in [0.05, 0.1) is 12.8 Å². The molecular weight excluding hydrogens is 276 g/mol. The Bertz CT molecular complexity index is 586. The van der Waals surface area contributed by atoms with Gasteiger partial charge in [0.1, 0.15) is 18.0 Å². The van der Waals surface area contributed by atoms with Gasteiger partial charge in [-0.1, -0.05) is 17.5 Å². The fraction of sp³-hybridized carbons (Fsp3) is 0.500. The molecule has 8 nitrogen and oxygen atoms in total. The van der Waals surface area contributed by atoms with E-state index in [0.29, 0.717) is 0 Å². The summed E-state index contributed by atoms with van der Waals surface area (Å²) in [4.78, 5) is 13.4. The molecule has 1 saturated heterocycles. The van der Waals surface area contributed by atoms with E-state index >= 15 is 0 Å². The van der Waals surface area contributed by atoms with E-state index in [0.717, 1.165) is 10.9 Å². The summed E-state index contributed by atoms with van der Waals surface area (Å²) in [5, 5.41) is 22.7. The van der Waals surface area contributed by atoms with Gasteiger partial charge in [0.25, 0.3) is 0 Å². The lowest BCUT2D eigenvalue weighted by Crippen LogP contribution is -2.44.